The number of aromatic nitrogens is 4. The lowest BCUT2D eigenvalue weighted by Crippen LogP contribution is -2.45. The first kappa shape index (κ1) is 42.6. The Morgan fingerprint density at radius 3 is 2.21 bits per heavy atom. The Hall–Kier alpha value is -5.54. The van der Waals surface area contributed by atoms with Gasteiger partial charge in [-0.3, -0.25) is 4.57 Å². The maximum atomic E-state index is 14.1. The summed E-state index contributed by atoms with van der Waals surface area (Å²) in [4.78, 5) is 31.3. The molecular formula is C40H45F3N8O5S. The van der Waals surface area contributed by atoms with E-state index in [0.717, 1.165) is 71.1 Å². The summed E-state index contributed by atoms with van der Waals surface area (Å²) < 4.78 is 76.3. The van der Waals surface area contributed by atoms with Crippen molar-refractivity contribution in [2.24, 2.45) is 5.92 Å². The van der Waals surface area contributed by atoms with E-state index < -0.39 is 33.6 Å². The van der Waals surface area contributed by atoms with Crippen molar-refractivity contribution in [1.29, 1.82) is 0 Å². The highest BCUT2D eigenvalue weighted by atomic mass is 32.2. The van der Waals surface area contributed by atoms with Crippen LogP contribution in [0.25, 0.3) is 27.6 Å². The molecule has 0 radical (unpaired) electrons. The predicted octanol–water partition coefficient (Wildman–Crippen LogP) is 6.37. The minimum absolute atomic E-state index is 0.0131. The van der Waals surface area contributed by atoms with Crippen molar-refractivity contribution >= 4 is 21.8 Å². The van der Waals surface area contributed by atoms with Crippen LogP contribution in [0.15, 0.2) is 101 Å². The van der Waals surface area contributed by atoms with Crippen molar-refractivity contribution in [2.75, 3.05) is 40.8 Å². The minimum atomic E-state index is -4.62. The highest BCUT2D eigenvalue weighted by Gasteiger charge is 2.33. The molecule has 0 unspecified atom stereocenters. The highest BCUT2D eigenvalue weighted by molar-refractivity contribution is 7.85. The smallest absolute Gasteiger partial charge is 0.416 e. The molecule has 6 rings (SSSR count). The number of amides is 1. The topological polar surface area (TPSA) is 147 Å². The molecule has 0 aliphatic heterocycles. The van der Waals surface area contributed by atoms with Gasteiger partial charge in [0.05, 0.1) is 73.7 Å². The Morgan fingerprint density at radius 2 is 1.63 bits per heavy atom. The monoisotopic (exact) mass is 806 g/mol. The third-order valence-corrected chi connectivity index (χ3v) is 10.5. The van der Waals surface area contributed by atoms with Crippen molar-refractivity contribution in [3.05, 3.63) is 124 Å². The van der Waals surface area contributed by atoms with Gasteiger partial charge in [-0.05, 0) is 93.6 Å². The maximum absolute atomic E-state index is 14.1. The van der Waals surface area contributed by atoms with Crippen molar-refractivity contribution < 1.29 is 35.4 Å². The number of nitrogens with one attached hydrogen (secondary N) is 2. The summed E-state index contributed by atoms with van der Waals surface area (Å²) in [5.74, 6) is 0.488. The molecule has 2 aromatic heterocycles. The van der Waals surface area contributed by atoms with Crippen LogP contribution in [0.4, 0.5) is 23.7 Å². The van der Waals surface area contributed by atoms with Crippen LogP contribution in [-0.2, 0) is 16.3 Å². The SMILES string of the molecule is O=S(=O)([O-])c1ccccc1.[C-]#[N+]c1ccc(-n2nccc2-c2c(C)n(-c3cccc(C(F)(F)F)c3)c(=O)n2C(=O)NC2CCC(CNCC[N+](C)(C)C)CC2)cc1. The molecule has 302 valence electrons. The summed E-state index contributed by atoms with van der Waals surface area (Å²) >= 11 is 0. The zero-order valence-electron chi connectivity index (χ0n) is 32.0. The summed E-state index contributed by atoms with van der Waals surface area (Å²) in [7, 11) is 2.22. The molecule has 1 aliphatic carbocycles. The number of likely N-dealkylation sites (N-methyl/N-ethyl adjacent to an activating group) is 1. The first-order valence-electron chi connectivity index (χ1n) is 18.2. The summed E-state index contributed by atoms with van der Waals surface area (Å²) in [5.41, 5.74) is 0.158. The van der Waals surface area contributed by atoms with Gasteiger partial charge in [-0.1, -0.05) is 36.4 Å². The molecule has 5 aromatic rings. The van der Waals surface area contributed by atoms with Crippen molar-refractivity contribution in [2.45, 2.75) is 49.7 Å². The van der Waals surface area contributed by atoms with Gasteiger partial charge in [-0.15, -0.1) is 0 Å². The van der Waals surface area contributed by atoms with E-state index in [2.05, 4.69) is 41.7 Å². The van der Waals surface area contributed by atoms with Gasteiger partial charge in [0.1, 0.15) is 15.8 Å². The Bertz CT molecular complexity index is 2370. The molecule has 1 fully saturated rings. The largest absolute Gasteiger partial charge is 0.744 e. The van der Waals surface area contributed by atoms with Gasteiger partial charge in [-0.2, -0.15) is 18.3 Å². The maximum Gasteiger partial charge on any atom is 0.416 e. The van der Waals surface area contributed by atoms with Gasteiger partial charge in [-0.25, -0.2) is 32.1 Å². The number of quaternary nitrogens is 1. The van der Waals surface area contributed by atoms with Crippen LogP contribution in [0, 0.1) is 19.4 Å². The summed E-state index contributed by atoms with van der Waals surface area (Å²) in [5, 5.41) is 11.0. The molecular weight excluding hydrogens is 762 g/mol. The van der Waals surface area contributed by atoms with Crippen LogP contribution in [0.2, 0.25) is 0 Å². The van der Waals surface area contributed by atoms with E-state index in [-0.39, 0.29) is 28.0 Å². The number of carbonyl (C=O) groups excluding carboxylic acids is 1. The fraction of sp³-hybridized carbons (Fsp3) is 0.350. The van der Waals surface area contributed by atoms with E-state index in [1.165, 1.54) is 47.3 Å². The number of hydrogen-bond donors (Lipinski definition) is 2. The van der Waals surface area contributed by atoms with E-state index >= 15 is 0 Å². The Labute approximate surface area is 329 Å². The standard InChI is InChI=1S/C34H39F3N8O2.C6H6O3S/c1-23-31(30-17-18-40-44(30)28-15-13-26(38-2)14-16-28)43(33(47)42(23)29-8-6-7-25(21-29)34(35,36)37)32(46)41-27-11-9-24(10-12-27)22-39-19-20-45(3,4)5;7-10(8,9)6-4-2-1-3-5-6/h6-8,13-18,21,24,27,39H,9-12,19-20,22H2,1,3-5H3;1-5H,(H,7,8,9). The average Bonchev–Trinajstić information content (AvgIpc) is 3.75. The number of imidazole rings is 1. The summed E-state index contributed by atoms with van der Waals surface area (Å²) in [6, 6.07) is 19.1. The van der Waals surface area contributed by atoms with Crippen molar-refractivity contribution in [1.82, 2.24) is 29.5 Å². The molecule has 1 amide bonds. The first-order chi connectivity index (χ1) is 26.9. The van der Waals surface area contributed by atoms with Crippen LogP contribution in [-0.4, -0.2) is 89.2 Å². The third kappa shape index (κ3) is 10.9. The molecule has 1 aliphatic rings. The molecule has 3 aromatic carbocycles. The van der Waals surface area contributed by atoms with Crippen LogP contribution in [0.1, 0.15) is 36.9 Å². The van der Waals surface area contributed by atoms with E-state index in [0.29, 0.717) is 23.0 Å². The Kier molecular flexibility index (Phi) is 13.2. The summed E-state index contributed by atoms with van der Waals surface area (Å²) in [6.45, 7) is 11.7. The molecule has 17 heteroatoms. The number of rotatable bonds is 10. The number of hydrogen-bond acceptors (Lipinski definition) is 7. The minimum Gasteiger partial charge on any atom is -0.744 e. The molecule has 2 N–H and O–H groups in total. The van der Waals surface area contributed by atoms with Crippen LogP contribution >= 0.6 is 0 Å². The second-order valence-corrected chi connectivity index (χ2v) is 16.2. The molecule has 13 nitrogen and oxygen atoms in total. The average molecular weight is 807 g/mol. The molecule has 0 bridgehead atoms. The van der Waals surface area contributed by atoms with Crippen LogP contribution in [0.3, 0.4) is 0 Å². The number of carbonyl (C=O) groups is 1. The molecule has 0 saturated heterocycles. The molecule has 0 atom stereocenters. The van der Waals surface area contributed by atoms with Gasteiger partial charge in [0.15, 0.2) is 5.69 Å². The van der Waals surface area contributed by atoms with Gasteiger partial charge in [0.25, 0.3) is 0 Å². The zero-order chi connectivity index (χ0) is 41.5. The fourth-order valence-corrected chi connectivity index (χ4v) is 7.13. The first-order valence-corrected chi connectivity index (χ1v) is 19.7. The Morgan fingerprint density at radius 1 is 0.965 bits per heavy atom. The quantitative estimate of drug-likeness (QED) is 0.0722. The molecule has 1 saturated carbocycles. The lowest BCUT2D eigenvalue weighted by molar-refractivity contribution is -0.869. The molecule has 2 heterocycles. The number of alkyl halides is 3. The molecule has 57 heavy (non-hydrogen) atoms. The van der Waals surface area contributed by atoms with E-state index in [1.807, 2.05) is 0 Å². The van der Waals surface area contributed by atoms with Gasteiger partial charge in [0, 0.05) is 12.6 Å². The van der Waals surface area contributed by atoms with Gasteiger partial charge >= 0.3 is 17.9 Å². The normalized spacial score (nSPS) is 16.0. The highest BCUT2D eigenvalue weighted by Crippen LogP contribution is 2.32. The summed E-state index contributed by atoms with van der Waals surface area (Å²) in [6.07, 6.45) is 0.226. The third-order valence-electron chi connectivity index (χ3n) is 9.63. The number of benzene rings is 3. The van der Waals surface area contributed by atoms with Crippen LogP contribution < -0.4 is 16.3 Å². The van der Waals surface area contributed by atoms with E-state index in [1.54, 1.807) is 43.3 Å². The van der Waals surface area contributed by atoms with Crippen molar-refractivity contribution in [3.63, 3.8) is 0 Å². The van der Waals surface area contributed by atoms with Gasteiger partial charge in [0.2, 0.25) is 0 Å². The molecule has 0 spiro atoms. The number of nitrogens with zero attached hydrogens (tertiary/aromatic N) is 6. The second kappa shape index (κ2) is 17.7. The van der Waals surface area contributed by atoms with E-state index in [4.69, 9.17) is 6.57 Å². The zero-order valence-corrected chi connectivity index (χ0v) is 32.8. The second-order valence-electron chi connectivity index (χ2n) is 14.8. The van der Waals surface area contributed by atoms with Gasteiger partial charge < -0.3 is 19.7 Å². The van der Waals surface area contributed by atoms with E-state index in [9.17, 15) is 35.7 Å². The van der Waals surface area contributed by atoms with Crippen LogP contribution in [0.5, 0.6) is 0 Å². The Balaban J connectivity index is 0.000000540. The lowest BCUT2D eigenvalue weighted by Gasteiger charge is -2.30. The fourth-order valence-electron chi connectivity index (χ4n) is 6.64. The number of halogens is 3. The lowest BCUT2D eigenvalue weighted by atomic mass is 9.86. The predicted molar refractivity (Wildman–Crippen MR) is 208 cm³/mol. The van der Waals surface area contributed by atoms with Crippen molar-refractivity contribution in [3.8, 4) is 22.8 Å².